The van der Waals surface area contributed by atoms with Crippen LogP contribution >= 0.6 is 24.0 Å². The monoisotopic (exact) mass is 431 g/mol. The van der Waals surface area contributed by atoms with Crippen molar-refractivity contribution in [1.82, 2.24) is 20.0 Å². The molecule has 1 aromatic heterocycles. The van der Waals surface area contributed by atoms with Crippen molar-refractivity contribution in [3.8, 4) is 0 Å². The maximum atomic E-state index is 6.04. The first-order valence-electron chi connectivity index (χ1n) is 8.34. The Kier molecular flexibility index (Phi) is 5.15. The standard InChI is InChI=1S/C16H25N5O.HI/c1-11-7-19-21(8-11)6-5-18-16(17-2)20-9-12-13(10-20)15-4-3-14(12)22-15;/h7-8,12-15H,3-6,9-10H2,1-2H3,(H,17,18);1H. The number of aromatic nitrogens is 2. The minimum atomic E-state index is 0. The average molecular weight is 431 g/mol. The topological polar surface area (TPSA) is 54.7 Å². The number of guanidine groups is 1. The summed E-state index contributed by atoms with van der Waals surface area (Å²) in [5, 5.41) is 7.80. The third-order valence-electron chi connectivity index (χ3n) is 5.35. The summed E-state index contributed by atoms with van der Waals surface area (Å²) in [5.41, 5.74) is 1.20. The Morgan fingerprint density at radius 3 is 2.61 bits per heavy atom. The van der Waals surface area contributed by atoms with Crippen LogP contribution in [0, 0.1) is 18.8 Å². The van der Waals surface area contributed by atoms with Gasteiger partial charge in [-0.1, -0.05) is 0 Å². The lowest BCUT2D eigenvalue weighted by atomic mass is 9.82. The second-order valence-corrected chi connectivity index (χ2v) is 6.78. The number of rotatable bonds is 3. The van der Waals surface area contributed by atoms with E-state index in [9.17, 15) is 0 Å². The Hall–Kier alpha value is -0.830. The second-order valence-electron chi connectivity index (χ2n) is 6.78. The summed E-state index contributed by atoms with van der Waals surface area (Å²) in [6.07, 6.45) is 7.48. The van der Waals surface area contributed by atoms with Crippen LogP contribution in [0.25, 0.3) is 0 Å². The van der Waals surface area contributed by atoms with E-state index >= 15 is 0 Å². The number of hydrogen-bond donors (Lipinski definition) is 1. The zero-order chi connectivity index (χ0) is 15.1. The molecule has 4 unspecified atom stereocenters. The molecule has 3 aliphatic rings. The molecule has 1 aromatic rings. The summed E-state index contributed by atoms with van der Waals surface area (Å²) in [7, 11) is 1.87. The Balaban J connectivity index is 0.00000156. The van der Waals surface area contributed by atoms with Gasteiger partial charge in [0.1, 0.15) is 0 Å². The molecule has 0 amide bonds. The number of nitrogens with zero attached hydrogens (tertiary/aromatic N) is 4. The van der Waals surface area contributed by atoms with Gasteiger partial charge in [0.2, 0.25) is 0 Å². The quantitative estimate of drug-likeness (QED) is 0.448. The van der Waals surface area contributed by atoms with Crippen molar-refractivity contribution < 1.29 is 4.74 Å². The highest BCUT2D eigenvalue weighted by Gasteiger charge is 2.53. The van der Waals surface area contributed by atoms with Gasteiger partial charge in [-0.2, -0.15) is 5.10 Å². The van der Waals surface area contributed by atoms with E-state index in [-0.39, 0.29) is 24.0 Å². The highest BCUT2D eigenvalue weighted by molar-refractivity contribution is 14.0. The van der Waals surface area contributed by atoms with E-state index in [2.05, 4.69) is 33.4 Å². The molecule has 0 saturated carbocycles. The van der Waals surface area contributed by atoms with Gasteiger partial charge in [0, 0.05) is 44.7 Å². The second kappa shape index (κ2) is 6.96. The Labute approximate surface area is 154 Å². The first kappa shape index (κ1) is 17.0. The summed E-state index contributed by atoms with van der Waals surface area (Å²) in [6, 6.07) is 0. The number of aliphatic imine (C=N–C) groups is 1. The van der Waals surface area contributed by atoms with Crippen LogP contribution in [0.3, 0.4) is 0 Å². The number of aryl methyl sites for hydroxylation is 1. The number of hydrogen-bond acceptors (Lipinski definition) is 3. The van der Waals surface area contributed by atoms with E-state index in [1.807, 2.05) is 17.9 Å². The largest absolute Gasteiger partial charge is 0.374 e. The molecule has 1 N–H and O–H groups in total. The van der Waals surface area contributed by atoms with Crippen LogP contribution in [0.5, 0.6) is 0 Å². The SMILES string of the molecule is CN=C(NCCn1cc(C)cn1)N1CC2C3CCC(O3)C2C1.I. The molecule has 23 heavy (non-hydrogen) atoms. The summed E-state index contributed by atoms with van der Waals surface area (Å²) in [6.45, 7) is 5.96. The number of nitrogens with one attached hydrogen (secondary N) is 1. The number of fused-ring (bicyclic) bond motifs is 5. The molecule has 7 heteroatoms. The molecule has 3 fully saturated rings. The third kappa shape index (κ3) is 3.22. The lowest BCUT2D eigenvalue weighted by Gasteiger charge is -2.23. The van der Waals surface area contributed by atoms with Gasteiger partial charge in [-0.3, -0.25) is 9.67 Å². The van der Waals surface area contributed by atoms with Crippen LogP contribution < -0.4 is 5.32 Å². The summed E-state index contributed by atoms with van der Waals surface area (Å²) in [4.78, 5) is 6.88. The van der Waals surface area contributed by atoms with Gasteiger partial charge in [-0.05, 0) is 25.3 Å². The van der Waals surface area contributed by atoms with E-state index in [4.69, 9.17) is 4.74 Å². The first-order valence-corrected chi connectivity index (χ1v) is 8.34. The Bertz CT molecular complexity index is 557. The molecule has 0 spiro atoms. The van der Waals surface area contributed by atoms with Crippen LogP contribution in [0.1, 0.15) is 18.4 Å². The number of halogens is 1. The Morgan fingerprint density at radius 1 is 1.35 bits per heavy atom. The van der Waals surface area contributed by atoms with E-state index in [0.717, 1.165) is 32.1 Å². The maximum absolute atomic E-state index is 6.04. The zero-order valence-corrected chi connectivity index (χ0v) is 16.1. The van der Waals surface area contributed by atoms with Gasteiger partial charge in [0.25, 0.3) is 0 Å². The van der Waals surface area contributed by atoms with Crippen LogP contribution in [-0.4, -0.2) is 59.5 Å². The molecule has 4 heterocycles. The van der Waals surface area contributed by atoms with Crippen molar-refractivity contribution in [2.45, 2.75) is 38.5 Å². The highest BCUT2D eigenvalue weighted by atomic mass is 127. The molecule has 4 rings (SSSR count). The van der Waals surface area contributed by atoms with Crippen LogP contribution in [0.15, 0.2) is 17.4 Å². The third-order valence-corrected chi connectivity index (χ3v) is 5.35. The van der Waals surface area contributed by atoms with Gasteiger partial charge >= 0.3 is 0 Å². The highest BCUT2D eigenvalue weighted by Crippen LogP contribution is 2.47. The summed E-state index contributed by atoms with van der Waals surface area (Å²) < 4.78 is 8.02. The predicted octanol–water partition coefficient (Wildman–Crippen LogP) is 1.49. The molecule has 0 aliphatic carbocycles. The van der Waals surface area contributed by atoms with E-state index < -0.39 is 0 Å². The van der Waals surface area contributed by atoms with Gasteiger partial charge in [-0.15, -0.1) is 24.0 Å². The lowest BCUT2D eigenvalue weighted by molar-refractivity contribution is 0.0767. The molecule has 4 atom stereocenters. The minimum absolute atomic E-state index is 0. The van der Waals surface area contributed by atoms with Gasteiger partial charge in [-0.25, -0.2) is 0 Å². The summed E-state index contributed by atoms with van der Waals surface area (Å²) >= 11 is 0. The lowest BCUT2D eigenvalue weighted by Crippen LogP contribution is -2.42. The van der Waals surface area contributed by atoms with Crippen molar-refractivity contribution in [3.63, 3.8) is 0 Å². The van der Waals surface area contributed by atoms with Crippen LogP contribution in [0.2, 0.25) is 0 Å². The van der Waals surface area contributed by atoms with Gasteiger partial charge < -0.3 is 15.0 Å². The number of ether oxygens (including phenoxy) is 1. The molecule has 0 radical (unpaired) electrons. The molecule has 3 saturated heterocycles. The Morgan fingerprint density at radius 2 is 2.04 bits per heavy atom. The van der Waals surface area contributed by atoms with E-state index in [1.54, 1.807) is 0 Å². The maximum Gasteiger partial charge on any atom is 0.193 e. The molecule has 6 nitrogen and oxygen atoms in total. The van der Waals surface area contributed by atoms with Crippen molar-refractivity contribution >= 4 is 29.9 Å². The fraction of sp³-hybridized carbons (Fsp3) is 0.750. The molecule has 3 aliphatic heterocycles. The van der Waals surface area contributed by atoms with Crippen LogP contribution in [0.4, 0.5) is 0 Å². The van der Waals surface area contributed by atoms with Crippen LogP contribution in [-0.2, 0) is 11.3 Å². The fourth-order valence-corrected chi connectivity index (χ4v) is 4.34. The molecule has 128 valence electrons. The van der Waals surface area contributed by atoms with Crippen molar-refractivity contribution in [2.75, 3.05) is 26.7 Å². The van der Waals surface area contributed by atoms with Gasteiger partial charge in [0.15, 0.2) is 5.96 Å². The van der Waals surface area contributed by atoms with Gasteiger partial charge in [0.05, 0.1) is 24.9 Å². The van der Waals surface area contributed by atoms with Crippen molar-refractivity contribution in [1.29, 1.82) is 0 Å². The molecular formula is C16H26IN5O. The van der Waals surface area contributed by atoms with E-state index in [1.165, 1.54) is 18.4 Å². The minimum Gasteiger partial charge on any atom is -0.374 e. The van der Waals surface area contributed by atoms with Crippen molar-refractivity contribution in [2.24, 2.45) is 16.8 Å². The van der Waals surface area contributed by atoms with Crippen molar-refractivity contribution in [3.05, 3.63) is 18.0 Å². The molecule has 2 bridgehead atoms. The smallest absolute Gasteiger partial charge is 0.193 e. The number of likely N-dealkylation sites (tertiary alicyclic amines) is 1. The average Bonchev–Trinajstić information content (AvgIpc) is 3.25. The van der Waals surface area contributed by atoms with E-state index in [0.29, 0.717) is 24.0 Å². The predicted molar refractivity (Wildman–Crippen MR) is 100 cm³/mol. The molecule has 0 aromatic carbocycles. The zero-order valence-electron chi connectivity index (χ0n) is 13.8. The fourth-order valence-electron chi connectivity index (χ4n) is 4.34. The normalized spacial score (nSPS) is 32.1. The molecular weight excluding hydrogens is 405 g/mol. The summed E-state index contributed by atoms with van der Waals surface area (Å²) in [5.74, 6) is 2.45. The first-order chi connectivity index (χ1) is 10.7.